The Morgan fingerprint density at radius 1 is 1.10 bits per heavy atom. The molecule has 20 heavy (non-hydrogen) atoms. The summed E-state index contributed by atoms with van der Waals surface area (Å²) in [5.74, 6) is 1.31. The second-order valence-corrected chi connectivity index (χ2v) is 5.56. The third-order valence-electron chi connectivity index (χ3n) is 4.35. The monoisotopic (exact) mass is 267 g/mol. The van der Waals surface area contributed by atoms with Crippen LogP contribution in [0.25, 0.3) is 0 Å². The number of methoxy groups -OCH3 is 1. The Morgan fingerprint density at radius 3 is 2.50 bits per heavy atom. The third-order valence-corrected chi connectivity index (χ3v) is 4.35. The Balaban J connectivity index is 1.88. The molecule has 1 N–H and O–H groups in total. The zero-order valence-corrected chi connectivity index (χ0v) is 12.3. The third kappa shape index (κ3) is 2.32. The van der Waals surface area contributed by atoms with Crippen LogP contribution in [-0.4, -0.2) is 7.11 Å². The molecule has 0 aromatic heterocycles. The highest BCUT2D eigenvalue weighted by molar-refractivity contribution is 5.42. The highest BCUT2D eigenvalue weighted by Crippen LogP contribution is 2.31. The summed E-state index contributed by atoms with van der Waals surface area (Å²) in [5, 5.41) is 3.49. The van der Waals surface area contributed by atoms with Gasteiger partial charge < -0.3 is 10.1 Å². The van der Waals surface area contributed by atoms with Crippen molar-refractivity contribution in [3.05, 3.63) is 64.7 Å². The van der Waals surface area contributed by atoms with Crippen LogP contribution in [0.1, 0.15) is 48.1 Å². The van der Waals surface area contributed by atoms with Gasteiger partial charge in [-0.25, -0.2) is 0 Å². The van der Waals surface area contributed by atoms with E-state index in [-0.39, 0.29) is 0 Å². The fourth-order valence-corrected chi connectivity index (χ4v) is 2.93. The van der Waals surface area contributed by atoms with Gasteiger partial charge in [-0.1, -0.05) is 37.3 Å². The first-order valence-electron chi connectivity index (χ1n) is 7.19. The van der Waals surface area contributed by atoms with Crippen molar-refractivity contribution in [2.24, 2.45) is 0 Å². The van der Waals surface area contributed by atoms with Gasteiger partial charge >= 0.3 is 0 Å². The van der Waals surface area contributed by atoms with Crippen molar-refractivity contribution in [1.29, 1.82) is 0 Å². The van der Waals surface area contributed by atoms with Gasteiger partial charge in [0.05, 0.1) is 7.11 Å². The van der Waals surface area contributed by atoms with Crippen LogP contribution >= 0.6 is 0 Å². The van der Waals surface area contributed by atoms with Gasteiger partial charge in [0.25, 0.3) is 0 Å². The molecule has 0 fully saturated rings. The fourth-order valence-electron chi connectivity index (χ4n) is 2.93. The summed E-state index contributed by atoms with van der Waals surface area (Å²) >= 11 is 0. The molecule has 1 aliphatic heterocycles. The first kappa shape index (κ1) is 13.2. The molecule has 0 radical (unpaired) electrons. The van der Waals surface area contributed by atoms with Crippen molar-refractivity contribution in [3.8, 4) is 5.75 Å². The first-order chi connectivity index (χ1) is 9.69. The van der Waals surface area contributed by atoms with Crippen LogP contribution in [0.5, 0.6) is 5.75 Å². The van der Waals surface area contributed by atoms with Crippen LogP contribution in [-0.2, 0) is 6.54 Å². The maximum atomic E-state index is 5.22. The number of rotatable bonds is 3. The molecule has 0 spiro atoms. The van der Waals surface area contributed by atoms with Crippen molar-refractivity contribution in [2.45, 2.75) is 32.4 Å². The molecule has 0 bridgehead atoms. The van der Waals surface area contributed by atoms with E-state index in [4.69, 9.17) is 4.74 Å². The quantitative estimate of drug-likeness (QED) is 0.907. The molecule has 2 aromatic carbocycles. The molecule has 3 rings (SSSR count). The van der Waals surface area contributed by atoms with E-state index in [0.717, 1.165) is 12.3 Å². The zero-order valence-electron chi connectivity index (χ0n) is 12.3. The molecule has 0 amide bonds. The smallest absolute Gasteiger partial charge is 0.118 e. The molecular weight excluding hydrogens is 246 g/mol. The van der Waals surface area contributed by atoms with Gasteiger partial charge in [-0.2, -0.15) is 0 Å². The molecule has 0 saturated heterocycles. The summed E-state index contributed by atoms with van der Waals surface area (Å²) in [7, 11) is 1.70. The molecule has 0 saturated carbocycles. The Morgan fingerprint density at radius 2 is 1.80 bits per heavy atom. The maximum Gasteiger partial charge on any atom is 0.118 e. The van der Waals surface area contributed by atoms with Gasteiger partial charge in [-0.15, -0.1) is 0 Å². The van der Waals surface area contributed by atoms with E-state index in [1.165, 1.54) is 22.3 Å². The summed E-state index contributed by atoms with van der Waals surface area (Å²) in [4.78, 5) is 0. The van der Waals surface area contributed by atoms with Gasteiger partial charge in [0.1, 0.15) is 5.75 Å². The number of benzene rings is 2. The van der Waals surface area contributed by atoms with Crippen molar-refractivity contribution in [3.63, 3.8) is 0 Å². The Kier molecular flexibility index (Phi) is 3.49. The number of fused-ring (bicyclic) bond motifs is 1. The molecule has 1 aliphatic rings. The maximum absolute atomic E-state index is 5.22. The Labute approximate surface area is 120 Å². The zero-order chi connectivity index (χ0) is 14.1. The molecule has 2 nitrogen and oxygen atoms in total. The van der Waals surface area contributed by atoms with Crippen molar-refractivity contribution < 1.29 is 4.74 Å². The van der Waals surface area contributed by atoms with Crippen LogP contribution < -0.4 is 10.1 Å². The summed E-state index contributed by atoms with van der Waals surface area (Å²) in [6.45, 7) is 5.47. The number of ether oxygens (including phenoxy) is 1. The average molecular weight is 267 g/mol. The minimum absolute atomic E-state index is 0.405. The largest absolute Gasteiger partial charge is 0.497 e. The van der Waals surface area contributed by atoms with E-state index in [1.807, 2.05) is 12.1 Å². The fraction of sp³-hybridized carbons (Fsp3) is 0.333. The minimum atomic E-state index is 0.405. The SMILES string of the molecule is COc1ccc(C(C)c2ccc3c(c2)CNC3C)cc1. The van der Waals surface area contributed by atoms with E-state index < -0.39 is 0 Å². The molecule has 104 valence electrons. The van der Waals surface area contributed by atoms with Crippen LogP contribution in [0.15, 0.2) is 42.5 Å². The van der Waals surface area contributed by atoms with Gasteiger partial charge in [-0.05, 0) is 41.3 Å². The van der Waals surface area contributed by atoms with E-state index in [9.17, 15) is 0 Å². The summed E-state index contributed by atoms with van der Waals surface area (Å²) < 4.78 is 5.22. The second kappa shape index (κ2) is 5.29. The minimum Gasteiger partial charge on any atom is -0.497 e. The van der Waals surface area contributed by atoms with Crippen LogP contribution in [0, 0.1) is 0 Å². The predicted octanol–water partition coefficient (Wildman–Crippen LogP) is 4.01. The van der Waals surface area contributed by atoms with Gasteiger partial charge in [0.2, 0.25) is 0 Å². The van der Waals surface area contributed by atoms with Crippen LogP contribution in [0.2, 0.25) is 0 Å². The van der Waals surface area contributed by atoms with Crippen LogP contribution in [0.4, 0.5) is 0 Å². The van der Waals surface area contributed by atoms with E-state index >= 15 is 0 Å². The van der Waals surface area contributed by atoms with Crippen molar-refractivity contribution >= 4 is 0 Å². The highest BCUT2D eigenvalue weighted by Gasteiger charge is 2.19. The lowest BCUT2D eigenvalue weighted by atomic mass is 9.90. The van der Waals surface area contributed by atoms with E-state index in [2.05, 4.69) is 49.5 Å². The molecule has 0 aliphatic carbocycles. The predicted molar refractivity (Wildman–Crippen MR) is 82.2 cm³/mol. The molecule has 2 atom stereocenters. The van der Waals surface area contributed by atoms with Crippen molar-refractivity contribution in [2.75, 3.05) is 7.11 Å². The number of nitrogens with one attached hydrogen (secondary N) is 1. The first-order valence-corrected chi connectivity index (χ1v) is 7.19. The Bertz CT molecular complexity index is 603. The van der Waals surface area contributed by atoms with Crippen molar-refractivity contribution in [1.82, 2.24) is 5.32 Å². The van der Waals surface area contributed by atoms with E-state index in [1.54, 1.807) is 7.11 Å². The molecule has 2 heteroatoms. The van der Waals surface area contributed by atoms with Gasteiger partial charge in [-0.3, -0.25) is 0 Å². The lowest BCUT2D eigenvalue weighted by Gasteiger charge is -2.15. The lowest BCUT2D eigenvalue weighted by molar-refractivity contribution is 0.414. The topological polar surface area (TPSA) is 21.3 Å². The molecule has 2 unspecified atom stereocenters. The second-order valence-electron chi connectivity index (χ2n) is 5.56. The van der Waals surface area contributed by atoms with Crippen LogP contribution in [0.3, 0.4) is 0 Å². The number of hydrogen-bond acceptors (Lipinski definition) is 2. The Hall–Kier alpha value is -1.80. The van der Waals surface area contributed by atoms with Gasteiger partial charge in [0, 0.05) is 18.5 Å². The number of hydrogen-bond donors (Lipinski definition) is 1. The van der Waals surface area contributed by atoms with E-state index in [0.29, 0.717) is 12.0 Å². The standard InChI is InChI=1S/C18H21NO/c1-12(14-4-7-17(20-3)8-5-14)15-6-9-18-13(2)19-11-16(18)10-15/h4-10,12-13,19H,11H2,1-3H3. The molecule has 2 aromatic rings. The van der Waals surface area contributed by atoms with Gasteiger partial charge in [0.15, 0.2) is 0 Å². The highest BCUT2D eigenvalue weighted by atomic mass is 16.5. The normalized spacial score (nSPS) is 18.6. The molecule has 1 heterocycles. The summed E-state index contributed by atoms with van der Waals surface area (Å²) in [5.41, 5.74) is 5.58. The summed E-state index contributed by atoms with van der Waals surface area (Å²) in [6.07, 6.45) is 0. The summed E-state index contributed by atoms with van der Waals surface area (Å²) in [6, 6.07) is 15.7. The average Bonchev–Trinajstić information content (AvgIpc) is 2.87. The molecular formula is C18H21NO. The lowest BCUT2D eigenvalue weighted by Crippen LogP contribution is -2.06.